The molecule has 2 aromatic rings. The average Bonchev–Trinajstić information content (AvgIpc) is 3.10. The number of aryl methyl sites for hydroxylation is 1. The van der Waals surface area contributed by atoms with Crippen LogP contribution in [-0.4, -0.2) is 30.6 Å². The van der Waals surface area contributed by atoms with Crippen LogP contribution >= 0.6 is 0 Å². The van der Waals surface area contributed by atoms with E-state index >= 15 is 0 Å². The maximum atomic E-state index is 12.6. The van der Waals surface area contributed by atoms with Crippen molar-refractivity contribution in [3.05, 3.63) is 51.3 Å². The molecule has 0 amide bonds. The number of benzene rings is 1. The van der Waals surface area contributed by atoms with Crippen LogP contribution in [0.5, 0.6) is 0 Å². The SMILES string of the molecule is Cn1cc(S(=O)(=O)Nc2cccc(N3CCCC3)c2)c(=O)n(C)c1=O. The van der Waals surface area contributed by atoms with E-state index < -0.39 is 26.2 Å². The van der Waals surface area contributed by atoms with Crippen LogP contribution in [0, 0.1) is 0 Å². The number of rotatable bonds is 4. The van der Waals surface area contributed by atoms with Gasteiger partial charge in [-0.15, -0.1) is 0 Å². The van der Waals surface area contributed by atoms with Gasteiger partial charge >= 0.3 is 5.69 Å². The van der Waals surface area contributed by atoms with E-state index in [1.54, 1.807) is 18.2 Å². The summed E-state index contributed by atoms with van der Waals surface area (Å²) in [5.74, 6) is 0. The van der Waals surface area contributed by atoms with E-state index in [0.29, 0.717) is 5.69 Å². The van der Waals surface area contributed by atoms with Crippen LogP contribution in [0.4, 0.5) is 11.4 Å². The molecule has 0 bridgehead atoms. The third-order valence-electron chi connectivity index (χ3n) is 4.27. The Morgan fingerprint density at radius 1 is 1.08 bits per heavy atom. The van der Waals surface area contributed by atoms with Crippen LogP contribution in [0.2, 0.25) is 0 Å². The van der Waals surface area contributed by atoms with Gasteiger partial charge in [-0.05, 0) is 31.0 Å². The Labute approximate surface area is 145 Å². The molecule has 2 heterocycles. The molecular weight excluding hydrogens is 344 g/mol. The summed E-state index contributed by atoms with van der Waals surface area (Å²) in [5, 5.41) is 0. The summed E-state index contributed by atoms with van der Waals surface area (Å²) >= 11 is 0. The monoisotopic (exact) mass is 364 g/mol. The van der Waals surface area contributed by atoms with E-state index in [-0.39, 0.29) is 0 Å². The van der Waals surface area contributed by atoms with Gasteiger partial charge in [0.1, 0.15) is 0 Å². The number of sulfonamides is 1. The minimum atomic E-state index is -4.11. The highest BCUT2D eigenvalue weighted by Gasteiger charge is 2.22. The van der Waals surface area contributed by atoms with Crippen LogP contribution in [0.1, 0.15) is 12.8 Å². The number of aromatic nitrogens is 2. The van der Waals surface area contributed by atoms with Crippen molar-refractivity contribution in [1.29, 1.82) is 0 Å². The second kappa shape index (κ2) is 6.40. The molecule has 0 spiro atoms. The van der Waals surface area contributed by atoms with Gasteiger partial charge in [-0.2, -0.15) is 0 Å². The Morgan fingerprint density at radius 3 is 2.44 bits per heavy atom. The minimum absolute atomic E-state index is 0.375. The van der Waals surface area contributed by atoms with Crippen LogP contribution in [0.15, 0.2) is 44.9 Å². The fourth-order valence-electron chi connectivity index (χ4n) is 2.91. The smallest absolute Gasteiger partial charge is 0.330 e. The first kappa shape index (κ1) is 17.3. The van der Waals surface area contributed by atoms with Gasteiger partial charge in [-0.1, -0.05) is 6.07 Å². The van der Waals surface area contributed by atoms with Crippen LogP contribution in [-0.2, 0) is 24.1 Å². The molecule has 3 rings (SSSR count). The van der Waals surface area contributed by atoms with E-state index in [1.807, 2.05) is 6.07 Å². The van der Waals surface area contributed by atoms with Crippen molar-refractivity contribution >= 4 is 21.4 Å². The molecule has 134 valence electrons. The molecule has 9 heteroatoms. The molecule has 0 aliphatic carbocycles. The molecule has 0 saturated carbocycles. The minimum Gasteiger partial charge on any atom is -0.371 e. The summed E-state index contributed by atoms with van der Waals surface area (Å²) in [4.78, 5) is 25.6. The molecule has 1 aromatic carbocycles. The summed E-state index contributed by atoms with van der Waals surface area (Å²) in [6.07, 6.45) is 3.27. The van der Waals surface area contributed by atoms with Crippen molar-refractivity contribution in [1.82, 2.24) is 9.13 Å². The Balaban J connectivity index is 1.96. The van der Waals surface area contributed by atoms with Crippen molar-refractivity contribution < 1.29 is 8.42 Å². The van der Waals surface area contributed by atoms with E-state index in [4.69, 9.17) is 0 Å². The maximum absolute atomic E-state index is 12.6. The van der Waals surface area contributed by atoms with Gasteiger partial charge < -0.3 is 9.47 Å². The Morgan fingerprint density at radius 2 is 1.76 bits per heavy atom. The van der Waals surface area contributed by atoms with Crippen LogP contribution in [0.25, 0.3) is 0 Å². The van der Waals surface area contributed by atoms with Gasteiger partial charge in [0.25, 0.3) is 15.6 Å². The lowest BCUT2D eigenvalue weighted by Crippen LogP contribution is -2.40. The van der Waals surface area contributed by atoms with E-state index in [9.17, 15) is 18.0 Å². The van der Waals surface area contributed by atoms with E-state index in [0.717, 1.165) is 46.9 Å². The van der Waals surface area contributed by atoms with Crippen molar-refractivity contribution in [3.63, 3.8) is 0 Å². The predicted molar refractivity (Wildman–Crippen MR) is 95.6 cm³/mol. The number of nitrogens with zero attached hydrogens (tertiary/aromatic N) is 3. The zero-order valence-corrected chi connectivity index (χ0v) is 14.9. The van der Waals surface area contributed by atoms with Crippen molar-refractivity contribution in [2.24, 2.45) is 14.1 Å². The molecule has 0 radical (unpaired) electrons. The molecule has 1 aliphatic rings. The molecule has 1 saturated heterocycles. The summed E-state index contributed by atoms with van der Waals surface area (Å²) in [7, 11) is -1.46. The highest BCUT2D eigenvalue weighted by atomic mass is 32.2. The molecule has 1 N–H and O–H groups in total. The second-order valence-corrected chi connectivity index (χ2v) is 7.75. The fraction of sp³-hybridized carbons (Fsp3) is 0.375. The third-order valence-corrected chi connectivity index (χ3v) is 5.64. The van der Waals surface area contributed by atoms with Crippen molar-refractivity contribution in [3.8, 4) is 0 Å². The molecule has 0 atom stereocenters. The van der Waals surface area contributed by atoms with Crippen molar-refractivity contribution in [2.75, 3.05) is 22.7 Å². The Hall–Kier alpha value is -2.55. The first-order valence-electron chi connectivity index (χ1n) is 7.94. The Kier molecular flexibility index (Phi) is 4.42. The van der Waals surface area contributed by atoms with Gasteiger partial charge in [-0.25, -0.2) is 13.2 Å². The Bertz CT molecular complexity index is 1020. The second-order valence-electron chi connectivity index (χ2n) is 6.10. The molecular formula is C16H20N4O4S. The van der Waals surface area contributed by atoms with Gasteiger partial charge in [0.15, 0.2) is 4.90 Å². The standard InChI is InChI=1S/C16H20N4O4S/c1-18-11-14(15(21)19(2)16(18)22)25(23,24)17-12-6-5-7-13(10-12)20-8-3-4-9-20/h5-7,10-11,17H,3-4,8-9H2,1-2H3. The first-order valence-corrected chi connectivity index (χ1v) is 9.42. The van der Waals surface area contributed by atoms with E-state index in [1.165, 1.54) is 14.1 Å². The van der Waals surface area contributed by atoms with E-state index in [2.05, 4.69) is 9.62 Å². The molecule has 1 fully saturated rings. The lowest BCUT2D eigenvalue weighted by molar-refractivity contribution is 0.589. The molecule has 1 aromatic heterocycles. The van der Waals surface area contributed by atoms with Crippen LogP contribution in [0.3, 0.4) is 0 Å². The third kappa shape index (κ3) is 3.32. The van der Waals surface area contributed by atoms with Gasteiger partial charge in [0, 0.05) is 39.1 Å². The summed E-state index contributed by atoms with van der Waals surface area (Å²) in [6.45, 7) is 1.88. The quantitative estimate of drug-likeness (QED) is 0.852. The first-order chi connectivity index (χ1) is 11.8. The molecule has 0 unspecified atom stereocenters. The lowest BCUT2D eigenvalue weighted by Gasteiger charge is -2.18. The summed E-state index contributed by atoms with van der Waals surface area (Å²) in [6, 6.07) is 7.07. The van der Waals surface area contributed by atoms with Gasteiger partial charge in [-0.3, -0.25) is 14.1 Å². The highest BCUT2D eigenvalue weighted by Crippen LogP contribution is 2.24. The normalized spacial score (nSPS) is 14.7. The van der Waals surface area contributed by atoms with Crippen LogP contribution < -0.4 is 20.9 Å². The number of anilines is 2. The molecule has 25 heavy (non-hydrogen) atoms. The largest absolute Gasteiger partial charge is 0.371 e. The maximum Gasteiger partial charge on any atom is 0.330 e. The van der Waals surface area contributed by atoms with Gasteiger partial charge in [0.2, 0.25) is 0 Å². The molecule has 1 aliphatic heterocycles. The zero-order chi connectivity index (χ0) is 18.2. The fourth-order valence-corrected chi connectivity index (χ4v) is 4.12. The summed E-state index contributed by atoms with van der Waals surface area (Å²) in [5.41, 5.74) is -0.127. The topological polar surface area (TPSA) is 93.4 Å². The lowest BCUT2D eigenvalue weighted by atomic mass is 10.2. The van der Waals surface area contributed by atoms with Crippen molar-refractivity contribution in [2.45, 2.75) is 17.7 Å². The highest BCUT2D eigenvalue weighted by molar-refractivity contribution is 7.92. The summed E-state index contributed by atoms with van der Waals surface area (Å²) < 4.78 is 29.5. The van der Waals surface area contributed by atoms with Gasteiger partial charge in [0.05, 0.1) is 5.69 Å². The average molecular weight is 364 g/mol. The molecule has 8 nitrogen and oxygen atoms in total. The number of hydrogen-bond donors (Lipinski definition) is 1. The predicted octanol–water partition coefficient (Wildman–Crippen LogP) is 0.485. The zero-order valence-electron chi connectivity index (χ0n) is 14.1. The number of nitrogens with one attached hydrogen (secondary N) is 1. The number of hydrogen-bond acceptors (Lipinski definition) is 5.